The van der Waals surface area contributed by atoms with Gasteiger partial charge >= 0.3 is 0 Å². The summed E-state index contributed by atoms with van der Waals surface area (Å²) in [6.07, 6.45) is 24.2. The van der Waals surface area contributed by atoms with Crippen molar-refractivity contribution in [3.63, 3.8) is 0 Å². The molecule has 0 aromatic heterocycles. The lowest BCUT2D eigenvalue weighted by atomic mass is 9.94. The third-order valence-electron chi connectivity index (χ3n) is 7.69. The first kappa shape index (κ1) is 29.0. The van der Waals surface area contributed by atoms with Crippen LogP contribution in [0.25, 0.3) is 0 Å². The average molecular weight is 499 g/mol. The molecule has 2 saturated heterocycles. The summed E-state index contributed by atoms with van der Waals surface area (Å²) in [5.74, 6) is 0.268. The van der Waals surface area contributed by atoms with Crippen LogP contribution in [0, 0.1) is 0 Å². The number of rotatable bonds is 24. The van der Waals surface area contributed by atoms with Gasteiger partial charge in [-0.15, -0.1) is 0 Å². The van der Waals surface area contributed by atoms with Crippen LogP contribution in [0.15, 0.2) is 24.3 Å². The quantitative estimate of drug-likeness (QED) is 0.0813. The van der Waals surface area contributed by atoms with E-state index in [9.17, 15) is 9.59 Å². The smallest absolute Gasteiger partial charge is 0.163 e. The first-order chi connectivity index (χ1) is 17.7. The second-order valence-electron chi connectivity index (χ2n) is 11.0. The highest BCUT2D eigenvalue weighted by atomic mass is 16.6. The van der Waals surface area contributed by atoms with Crippen LogP contribution in [0.3, 0.4) is 0 Å². The molecule has 0 aliphatic carbocycles. The van der Waals surface area contributed by atoms with Crippen LogP contribution in [0.1, 0.15) is 149 Å². The minimum Gasteiger partial charge on any atom is -0.373 e. The Bertz CT molecular complexity index is 687. The fraction of sp³-hybridized carbons (Fsp3) is 0.750. The molecule has 2 atom stereocenters. The molecule has 4 nitrogen and oxygen atoms in total. The zero-order valence-corrected chi connectivity index (χ0v) is 22.7. The second kappa shape index (κ2) is 17.9. The highest BCUT2D eigenvalue weighted by Gasteiger charge is 2.21. The summed E-state index contributed by atoms with van der Waals surface area (Å²) in [6, 6.07) is 7.46. The van der Waals surface area contributed by atoms with E-state index in [4.69, 9.17) is 9.47 Å². The summed E-state index contributed by atoms with van der Waals surface area (Å²) in [5.41, 5.74) is 1.28. The number of hydrogen-bond donors (Lipinski definition) is 0. The standard InChI is InChI=1S/C32H50O4/c33-31(23-15-11-7-3-1-5-9-13-19-27-25-35-27)29-21-17-18-22-30(29)32(34)24-16-12-8-4-2-6-10-14-20-28-26-36-28/h17-18,21-22,27-28H,1-16,19-20,23-26H2. The lowest BCUT2D eigenvalue weighted by molar-refractivity contribution is 0.0946. The van der Waals surface area contributed by atoms with Crippen LogP contribution in [-0.2, 0) is 9.47 Å². The van der Waals surface area contributed by atoms with Gasteiger partial charge in [-0.1, -0.05) is 114 Å². The summed E-state index contributed by atoms with van der Waals surface area (Å²) < 4.78 is 10.5. The maximum Gasteiger partial charge on any atom is 0.163 e. The summed E-state index contributed by atoms with van der Waals surface area (Å²) in [6.45, 7) is 1.96. The van der Waals surface area contributed by atoms with Crippen LogP contribution in [0.5, 0.6) is 0 Å². The van der Waals surface area contributed by atoms with Crippen molar-refractivity contribution >= 4 is 11.6 Å². The van der Waals surface area contributed by atoms with Gasteiger partial charge in [-0.2, -0.15) is 0 Å². The zero-order chi connectivity index (χ0) is 25.3. The Hall–Kier alpha value is -1.52. The Morgan fingerprint density at radius 1 is 0.528 bits per heavy atom. The molecule has 1 aromatic rings. The highest BCUT2D eigenvalue weighted by Crippen LogP contribution is 2.21. The van der Waals surface area contributed by atoms with Crippen molar-refractivity contribution in [2.45, 2.75) is 141 Å². The molecule has 0 spiro atoms. The van der Waals surface area contributed by atoms with Gasteiger partial charge < -0.3 is 9.47 Å². The van der Waals surface area contributed by atoms with Crippen LogP contribution >= 0.6 is 0 Å². The molecule has 4 heteroatoms. The molecule has 2 heterocycles. The Morgan fingerprint density at radius 2 is 0.833 bits per heavy atom. The first-order valence-electron chi connectivity index (χ1n) is 15.1. The summed E-state index contributed by atoms with van der Waals surface area (Å²) in [7, 11) is 0. The number of hydrogen-bond acceptors (Lipinski definition) is 4. The van der Waals surface area contributed by atoms with Crippen LogP contribution in [0.2, 0.25) is 0 Å². The van der Waals surface area contributed by atoms with E-state index in [1.807, 2.05) is 24.3 Å². The number of benzene rings is 1. The fourth-order valence-corrected chi connectivity index (χ4v) is 5.14. The van der Waals surface area contributed by atoms with Gasteiger partial charge in [0.15, 0.2) is 11.6 Å². The Morgan fingerprint density at radius 3 is 1.17 bits per heavy atom. The third kappa shape index (κ3) is 13.1. The van der Waals surface area contributed by atoms with Crippen LogP contribution < -0.4 is 0 Å². The van der Waals surface area contributed by atoms with Crippen molar-refractivity contribution in [2.24, 2.45) is 0 Å². The van der Waals surface area contributed by atoms with Gasteiger partial charge in [0.1, 0.15) is 0 Å². The predicted molar refractivity (Wildman–Crippen MR) is 147 cm³/mol. The van der Waals surface area contributed by atoms with E-state index in [1.165, 1.54) is 89.9 Å². The SMILES string of the molecule is O=C(CCCCCCCCCCC1CO1)c1ccccc1C(=O)CCCCCCCCCCC1CO1. The Kier molecular flexibility index (Phi) is 14.4. The van der Waals surface area contributed by atoms with E-state index in [-0.39, 0.29) is 11.6 Å². The van der Waals surface area contributed by atoms with Gasteiger partial charge in [-0.25, -0.2) is 0 Å². The molecule has 0 radical (unpaired) electrons. The van der Waals surface area contributed by atoms with E-state index in [1.54, 1.807) is 0 Å². The maximum atomic E-state index is 12.8. The summed E-state index contributed by atoms with van der Waals surface area (Å²) >= 11 is 0. The number of unbranched alkanes of at least 4 members (excludes halogenated alkanes) is 14. The molecule has 2 aliphatic heterocycles. The van der Waals surface area contributed by atoms with Gasteiger partial charge in [0, 0.05) is 24.0 Å². The lowest BCUT2D eigenvalue weighted by Crippen LogP contribution is -2.09. The van der Waals surface area contributed by atoms with Gasteiger partial charge in [0.2, 0.25) is 0 Å². The minimum absolute atomic E-state index is 0.134. The van der Waals surface area contributed by atoms with Crippen molar-refractivity contribution in [1.82, 2.24) is 0 Å². The topological polar surface area (TPSA) is 59.2 Å². The molecule has 1 aromatic carbocycles. The monoisotopic (exact) mass is 498 g/mol. The van der Waals surface area contributed by atoms with Gasteiger partial charge in [0.25, 0.3) is 0 Å². The molecule has 3 rings (SSSR count). The van der Waals surface area contributed by atoms with E-state index < -0.39 is 0 Å². The number of epoxide rings is 2. The van der Waals surface area contributed by atoms with Gasteiger partial charge in [-0.3, -0.25) is 9.59 Å². The predicted octanol–water partition coefficient (Wildman–Crippen LogP) is 8.65. The molecule has 0 amide bonds. The highest BCUT2D eigenvalue weighted by molar-refractivity contribution is 6.08. The van der Waals surface area contributed by atoms with E-state index in [0.29, 0.717) is 36.2 Å². The van der Waals surface area contributed by atoms with E-state index in [0.717, 1.165) is 38.9 Å². The largest absolute Gasteiger partial charge is 0.373 e. The van der Waals surface area contributed by atoms with Crippen LogP contribution in [0.4, 0.5) is 0 Å². The second-order valence-corrected chi connectivity index (χ2v) is 11.0. The lowest BCUT2D eigenvalue weighted by Gasteiger charge is -2.08. The van der Waals surface area contributed by atoms with E-state index in [2.05, 4.69) is 0 Å². The molecule has 2 fully saturated rings. The third-order valence-corrected chi connectivity index (χ3v) is 7.69. The Labute approximate surface area is 219 Å². The number of carbonyl (C=O) groups is 2. The molecule has 2 unspecified atom stereocenters. The van der Waals surface area contributed by atoms with Crippen molar-refractivity contribution < 1.29 is 19.1 Å². The molecule has 0 bridgehead atoms. The molecule has 2 aliphatic rings. The molecule has 36 heavy (non-hydrogen) atoms. The maximum absolute atomic E-state index is 12.8. The number of ether oxygens (including phenoxy) is 2. The Balaban J connectivity index is 1.19. The minimum atomic E-state index is 0.134. The molecule has 202 valence electrons. The summed E-state index contributed by atoms with van der Waals surface area (Å²) in [4.78, 5) is 25.7. The number of carbonyl (C=O) groups excluding carboxylic acids is 2. The van der Waals surface area contributed by atoms with Crippen molar-refractivity contribution in [2.75, 3.05) is 13.2 Å². The first-order valence-corrected chi connectivity index (χ1v) is 15.1. The van der Waals surface area contributed by atoms with Crippen LogP contribution in [-0.4, -0.2) is 37.0 Å². The van der Waals surface area contributed by atoms with Gasteiger partial charge in [0.05, 0.1) is 25.4 Å². The number of ketones is 2. The average Bonchev–Trinajstić information content (AvgIpc) is 3.82. The fourth-order valence-electron chi connectivity index (χ4n) is 5.14. The van der Waals surface area contributed by atoms with Gasteiger partial charge in [-0.05, 0) is 25.7 Å². The van der Waals surface area contributed by atoms with Crippen molar-refractivity contribution in [3.8, 4) is 0 Å². The van der Waals surface area contributed by atoms with Crippen molar-refractivity contribution in [1.29, 1.82) is 0 Å². The number of Topliss-reactive ketones (excluding diaryl/α,β-unsaturated/α-hetero) is 2. The normalized spacial score (nSPS) is 18.3. The van der Waals surface area contributed by atoms with E-state index >= 15 is 0 Å². The zero-order valence-electron chi connectivity index (χ0n) is 22.7. The molecule has 0 N–H and O–H groups in total. The molecular formula is C32H50O4. The molecule has 0 saturated carbocycles. The summed E-state index contributed by atoms with van der Waals surface area (Å²) in [5, 5.41) is 0. The molecular weight excluding hydrogens is 448 g/mol. The van der Waals surface area contributed by atoms with Crippen molar-refractivity contribution in [3.05, 3.63) is 35.4 Å².